The van der Waals surface area contributed by atoms with Gasteiger partial charge in [0.25, 0.3) is 0 Å². The third-order valence-electron chi connectivity index (χ3n) is 2.53. The number of aromatic nitrogens is 2. The molecule has 2 rings (SSSR count). The lowest BCUT2D eigenvalue weighted by atomic mass is 10.1. The molecule has 0 aliphatic heterocycles. The minimum Gasteiger partial charge on any atom is -0.467 e. The first-order valence-corrected chi connectivity index (χ1v) is 5.80. The highest BCUT2D eigenvalue weighted by Crippen LogP contribution is 2.13. The SMILES string of the molecule is CC(C)(C)NCc1ccoc1Cn1ccnc1. The van der Waals surface area contributed by atoms with Crippen molar-refractivity contribution >= 4 is 0 Å². The number of nitrogens with one attached hydrogen (secondary N) is 1. The van der Waals surface area contributed by atoms with Gasteiger partial charge in [-0.15, -0.1) is 0 Å². The summed E-state index contributed by atoms with van der Waals surface area (Å²) in [5.41, 5.74) is 1.32. The molecule has 0 bridgehead atoms. The van der Waals surface area contributed by atoms with E-state index in [1.165, 1.54) is 5.56 Å². The second-order valence-electron chi connectivity index (χ2n) is 5.21. The fourth-order valence-electron chi connectivity index (χ4n) is 1.57. The van der Waals surface area contributed by atoms with Gasteiger partial charge in [-0.25, -0.2) is 4.98 Å². The van der Waals surface area contributed by atoms with Crippen molar-refractivity contribution in [3.63, 3.8) is 0 Å². The van der Waals surface area contributed by atoms with Crippen molar-refractivity contribution in [3.05, 3.63) is 42.4 Å². The van der Waals surface area contributed by atoms with Crippen LogP contribution in [0.4, 0.5) is 0 Å². The molecule has 4 heteroatoms. The van der Waals surface area contributed by atoms with Gasteiger partial charge >= 0.3 is 0 Å². The van der Waals surface area contributed by atoms with E-state index in [1.807, 2.05) is 16.8 Å². The highest BCUT2D eigenvalue weighted by atomic mass is 16.3. The molecule has 0 atom stereocenters. The normalized spacial score (nSPS) is 11.9. The summed E-state index contributed by atoms with van der Waals surface area (Å²) in [6.45, 7) is 8.02. The van der Waals surface area contributed by atoms with Gasteiger partial charge in [-0.3, -0.25) is 0 Å². The van der Waals surface area contributed by atoms with Crippen molar-refractivity contribution in [1.82, 2.24) is 14.9 Å². The molecule has 0 amide bonds. The van der Waals surface area contributed by atoms with Crippen LogP contribution in [0.5, 0.6) is 0 Å². The second kappa shape index (κ2) is 4.75. The van der Waals surface area contributed by atoms with Crippen LogP contribution in [0, 0.1) is 0 Å². The molecule has 2 heterocycles. The Morgan fingerprint density at radius 2 is 2.24 bits per heavy atom. The third-order valence-corrected chi connectivity index (χ3v) is 2.53. The Kier molecular flexibility index (Phi) is 3.33. The zero-order valence-corrected chi connectivity index (χ0v) is 10.6. The Morgan fingerprint density at radius 1 is 1.41 bits per heavy atom. The summed E-state index contributed by atoms with van der Waals surface area (Å²) < 4.78 is 7.51. The van der Waals surface area contributed by atoms with Gasteiger partial charge in [0.2, 0.25) is 0 Å². The van der Waals surface area contributed by atoms with E-state index in [1.54, 1.807) is 18.8 Å². The van der Waals surface area contributed by atoms with E-state index in [0.717, 1.165) is 18.8 Å². The van der Waals surface area contributed by atoms with Crippen molar-refractivity contribution in [1.29, 1.82) is 0 Å². The van der Waals surface area contributed by atoms with Crippen molar-refractivity contribution in [2.24, 2.45) is 0 Å². The van der Waals surface area contributed by atoms with Crippen LogP contribution in [0.3, 0.4) is 0 Å². The predicted molar refractivity (Wildman–Crippen MR) is 66.6 cm³/mol. The largest absolute Gasteiger partial charge is 0.467 e. The van der Waals surface area contributed by atoms with E-state index in [2.05, 4.69) is 31.1 Å². The maximum absolute atomic E-state index is 5.51. The van der Waals surface area contributed by atoms with Gasteiger partial charge in [-0.05, 0) is 26.8 Å². The van der Waals surface area contributed by atoms with Gasteiger partial charge in [0.15, 0.2) is 0 Å². The van der Waals surface area contributed by atoms with E-state index in [4.69, 9.17) is 4.42 Å². The Hall–Kier alpha value is -1.55. The van der Waals surface area contributed by atoms with Crippen molar-refractivity contribution < 1.29 is 4.42 Å². The predicted octanol–water partition coefficient (Wildman–Crippen LogP) is 2.41. The summed E-state index contributed by atoms with van der Waals surface area (Å²) >= 11 is 0. The Labute approximate surface area is 102 Å². The van der Waals surface area contributed by atoms with Crippen LogP contribution in [0.1, 0.15) is 32.1 Å². The molecule has 0 aliphatic carbocycles. The highest BCUT2D eigenvalue weighted by Gasteiger charge is 2.12. The van der Waals surface area contributed by atoms with Gasteiger partial charge < -0.3 is 14.3 Å². The molecule has 0 radical (unpaired) electrons. The molecular formula is C13H19N3O. The Balaban J connectivity index is 2.02. The molecule has 1 N–H and O–H groups in total. The minimum atomic E-state index is 0.115. The molecule has 2 aromatic heterocycles. The van der Waals surface area contributed by atoms with E-state index in [0.29, 0.717) is 0 Å². The summed E-state index contributed by atoms with van der Waals surface area (Å²) in [6, 6.07) is 2.02. The molecule has 0 aliphatic rings. The van der Waals surface area contributed by atoms with Crippen LogP contribution in [0.25, 0.3) is 0 Å². The van der Waals surface area contributed by atoms with E-state index in [-0.39, 0.29) is 5.54 Å². The molecule has 0 spiro atoms. The summed E-state index contributed by atoms with van der Waals surface area (Å²) in [7, 11) is 0. The average Bonchev–Trinajstić information content (AvgIpc) is 2.86. The maximum atomic E-state index is 5.51. The highest BCUT2D eigenvalue weighted by molar-refractivity contribution is 5.17. The van der Waals surface area contributed by atoms with Crippen molar-refractivity contribution in [2.45, 2.75) is 39.4 Å². The first-order chi connectivity index (χ1) is 8.04. The van der Waals surface area contributed by atoms with Crippen LogP contribution < -0.4 is 5.32 Å². The lowest BCUT2D eigenvalue weighted by molar-refractivity contribution is 0.417. The van der Waals surface area contributed by atoms with Gasteiger partial charge in [-0.1, -0.05) is 0 Å². The first kappa shape index (κ1) is 11.9. The molecule has 0 fully saturated rings. The lowest BCUT2D eigenvalue weighted by Gasteiger charge is -2.20. The molecular weight excluding hydrogens is 214 g/mol. The standard InChI is InChI=1S/C13H19N3O/c1-13(2,3)15-8-11-4-7-17-12(11)9-16-6-5-14-10-16/h4-7,10,15H,8-9H2,1-3H3. The second-order valence-corrected chi connectivity index (χ2v) is 5.21. The fraction of sp³-hybridized carbons (Fsp3) is 0.462. The molecule has 0 aromatic carbocycles. The zero-order chi connectivity index (χ0) is 12.3. The van der Waals surface area contributed by atoms with E-state index in [9.17, 15) is 0 Å². The Bertz CT molecular complexity index is 451. The smallest absolute Gasteiger partial charge is 0.127 e. The number of rotatable bonds is 4. The van der Waals surface area contributed by atoms with Crippen LogP contribution >= 0.6 is 0 Å². The molecule has 0 unspecified atom stereocenters. The number of hydrogen-bond donors (Lipinski definition) is 1. The van der Waals surface area contributed by atoms with Crippen LogP contribution in [-0.4, -0.2) is 15.1 Å². The molecule has 4 nitrogen and oxygen atoms in total. The third kappa shape index (κ3) is 3.46. The lowest BCUT2D eigenvalue weighted by Crippen LogP contribution is -2.35. The van der Waals surface area contributed by atoms with Gasteiger partial charge in [0, 0.05) is 30.0 Å². The first-order valence-electron chi connectivity index (χ1n) is 5.80. The zero-order valence-electron chi connectivity index (χ0n) is 10.6. The minimum absolute atomic E-state index is 0.115. The van der Waals surface area contributed by atoms with Crippen molar-refractivity contribution in [3.8, 4) is 0 Å². The van der Waals surface area contributed by atoms with Crippen LogP contribution in [-0.2, 0) is 13.1 Å². The molecule has 2 aromatic rings. The van der Waals surface area contributed by atoms with Crippen LogP contribution in [0.15, 0.2) is 35.5 Å². The summed E-state index contributed by atoms with van der Waals surface area (Å²) in [5, 5.41) is 3.46. The quantitative estimate of drug-likeness (QED) is 0.882. The van der Waals surface area contributed by atoms with E-state index < -0.39 is 0 Å². The molecule has 0 saturated carbocycles. The fourth-order valence-corrected chi connectivity index (χ4v) is 1.57. The average molecular weight is 233 g/mol. The van der Waals surface area contributed by atoms with Gasteiger partial charge in [-0.2, -0.15) is 0 Å². The number of furan rings is 1. The maximum Gasteiger partial charge on any atom is 0.127 e. The topological polar surface area (TPSA) is 43.0 Å². The molecule has 92 valence electrons. The van der Waals surface area contributed by atoms with Crippen molar-refractivity contribution in [2.75, 3.05) is 0 Å². The molecule has 17 heavy (non-hydrogen) atoms. The summed E-state index contributed by atoms with van der Waals surface area (Å²) in [5.74, 6) is 0.986. The summed E-state index contributed by atoms with van der Waals surface area (Å²) in [4.78, 5) is 4.02. The van der Waals surface area contributed by atoms with Gasteiger partial charge in [0.05, 0.1) is 19.1 Å². The number of imidazole rings is 1. The monoisotopic (exact) mass is 233 g/mol. The number of hydrogen-bond acceptors (Lipinski definition) is 3. The summed E-state index contributed by atoms with van der Waals surface area (Å²) in [6.07, 6.45) is 7.24. The molecule has 0 saturated heterocycles. The van der Waals surface area contributed by atoms with E-state index >= 15 is 0 Å². The Morgan fingerprint density at radius 3 is 2.88 bits per heavy atom. The van der Waals surface area contributed by atoms with Gasteiger partial charge in [0.1, 0.15) is 5.76 Å². The van der Waals surface area contributed by atoms with Crippen LogP contribution in [0.2, 0.25) is 0 Å². The number of nitrogens with zero attached hydrogens (tertiary/aromatic N) is 2.